The average Bonchev–Trinajstić information content (AvgIpc) is 2.68. The molecule has 0 radical (unpaired) electrons. The number of anilines is 1. The second-order valence-corrected chi connectivity index (χ2v) is 7.35. The highest BCUT2D eigenvalue weighted by atomic mass is 35.5. The molecule has 0 fully saturated rings. The maximum Gasteiger partial charge on any atom is 0.277 e. The molecule has 7 nitrogen and oxygen atoms in total. The van der Waals surface area contributed by atoms with E-state index in [4.69, 9.17) is 21.1 Å². The van der Waals surface area contributed by atoms with Crippen LogP contribution in [0, 0.1) is 20.8 Å². The van der Waals surface area contributed by atoms with Crippen LogP contribution in [0.15, 0.2) is 35.4 Å². The number of amides is 2. The van der Waals surface area contributed by atoms with Crippen LogP contribution in [0.1, 0.15) is 30.0 Å². The van der Waals surface area contributed by atoms with E-state index in [-0.39, 0.29) is 18.9 Å². The van der Waals surface area contributed by atoms with Gasteiger partial charge >= 0.3 is 0 Å². The number of carbonyl (C=O) groups is 2. The van der Waals surface area contributed by atoms with Crippen LogP contribution >= 0.6 is 11.6 Å². The maximum atomic E-state index is 12.3. The van der Waals surface area contributed by atoms with Crippen LogP contribution in [0.3, 0.4) is 0 Å². The molecule has 0 saturated carbocycles. The van der Waals surface area contributed by atoms with Crippen molar-refractivity contribution in [3.05, 3.63) is 52.0 Å². The number of aryl methyl sites for hydroxylation is 3. The van der Waals surface area contributed by atoms with E-state index in [0.717, 1.165) is 16.7 Å². The molecule has 2 aromatic rings. The van der Waals surface area contributed by atoms with Gasteiger partial charge in [0, 0.05) is 10.7 Å². The predicted octanol–water partition coefficient (Wildman–Crippen LogP) is 4.17. The summed E-state index contributed by atoms with van der Waals surface area (Å²) in [5, 5.41) is 7.42. The lowest BCUT2D eigenvalue weighted by Gasteiger charge is -2.11. The molecule has 2 rings (SSSR count). The van der Waals surface area contributed by atoms with Crippen LogP contribution < -0.4 is 20.2 Å². The monoisotopic (exact) mass is 431 g/mol. The minimum absolute atomic E-state index is 0.0216. The molecule has 0 spiro atoms. The van der Waals surface area contributed by atoms with Crippen molar-refractivity contribution in [3.63, 3.8) is 0 Å². The Morgan fingerprint density at radius 3 is 2.37 bits per heavy atom. The van der Waals surface area contributed by atoms with E-state index in [1.54, 1.807) is 25.1 Å². The lowest BCUT2D eigenvalue weighted by Crippen LogP contribution is -2.26. The number of hydrogen-bond acceptors (Lipinski definition) is 5. The predicted molar refractivity (Wildman–Crippen MR) is 119 cm³/mol. The third kappa shape index (κ3) is 6.77. The van der Waals surface area contributed by atoms with E-state index in [2.05, 4.69) is 15.8 Å². The van der Waals surface area contributed by atoms with Gasteiger partial charge in [0.1, 0.15) is 11.5 Å². The zero-order chi connectivity index (χ0) is 22.3. The Kier molecular flexibility index (Phi) is 8.24. The van der Waals surface area contributed by atoms with Gasteiger partial charge in [-0.2, -0.15) is 5.10 Å². The first kappa shape index (κ1) is 23.2. The van der Waals surface area contributed by atoms with Gasteiger partial charge in [0.2, 0.25) is 5.91 Å². The number of carbonyl (C=O) groups excluding carboxylic acids is 2. The average molecular weight is 432 g/mol. The molecule has 2 aromatic carbocycles. The third-order valence-corrected chi connectivity index (χ3v) is 4.79. The van der Waals surface area contributed by atoms with Crippen LogP contribution in [0.4, 0.5) is 5.69 Å². The molecular formula is C22H26ClN3O4. The fourth-order valence-corrected chi connectivity index (χ4v) is 2.82. The molecule has 2 N–H and O–H groups in total. The van der Waals surface area contributed by atoms with Gasteiger partial charge in [-0.05, 0) is 68.7 Å². The molecule has 0 bridgehead atoms. The topological polar surface area (TPSA) is 89.0 Å². The smallest absolute Gasteiger partial charge is 0.277 e. The third-order valence-electron chi connectivity index (χ3n) is 4.20. The molecule has 0 aliphatic carbocycles. The van der Waals surface area contributed by atoms with Crippen molar-refractivity contribution in [2.75, 3.05) is 19.0 Å². The maximum absolute atomic E-state index is 12.3. The summed E-state index contributed by atoms with van der Waals surface area (Å²) >= 11 is 6.12. The van der Waals surface area contributed by atoms with E-state index in [0.29, 0.717) is 27.9 Å². The summed E-state index contributed by atoms with van der Waals surface area (Å²) in [6, 6.07) is 9.03. The Hall–Kier alpha value is -3.06. The summed E-state index contributed by atoms with van der Waals surface area (Å²) in [4.78, 5) is 24.2. The fourth-order valence-electron chi connectivity index (χ4n) is 2.71. The number of nitrogens with one attached hydrogen (secondary N) is 2. The van der Waals surface area contributed by atoms with Crippen LogP contribution in [-0.4, -0.2) is 31.2 Å². The second-order valence-electron chi connectivity index (χ2n) is 6.97. The summed E-state index contributed by atoms with van der Waals surface area (Å²) in [5.74, 6) is 0.427. The van der Waals surface area contributed by atoms with Crippen molar-refractivity contribution >= 4 is 34.8 Å². The van der Waals surface area contributed by atoms with Crippen molar-refractivity contribution < 1.29 is 19.1 Å². The molecule has 0 aliphatic heterocycles. The van der Waals surface area contributed by atoms with Crippen molar-refractivity contribution in [2.45, 2.75) is 34.1 Å². The van der Waals surface area contributed by atoms with Crippen molar-refractivity contribution in [1.29, 1.82) is 0 Å². The Morgan fingerprint density at radius 2 is 1.73 bits per heavy atom. The number of ether oxygens (including phenoxy) is 2. The van der Waals surface area contributed by atoms with Gasteiger partial charge in [-0.15, -0.1) is 0 Å². The van der Waals surface area contributed by atoms with Gasteiger partial charge in [0.25, 0.3) is 5.91 Å². The van der Waals surface area contributed by atoms with E-state index in [1.807, 2.05) is 32.9 Å². The Bertz CT molecular complexity index is 950. The lowest BCUT2D eigenvalue weighted by molar-refractivity contribution is -0.123. The fraction of sp³-hybridized carbons (Fsp3) is 0.318. The normalized spacial score (nSPS) is 11.1. The number of hydrazone groups is 1. The molecule has 8 heteroatoms. The molecule has 160 valence electrons. The molecule has 2 amide bonds. The van der Waals surface area contributed by atoms with Gasteiger partial charge in [-0.25, -0.2) is 5.43 Å². The second kappa shape index (κ2) is 10.6. The van der Waals surface area contributed by atoms with Gasteiger partial charge in [0.15, 0.2) is 6.61 Å². The molecule has 0 heterocycles. The largest absolute Gasteiger partial charge is 0.495 e. The van der Waals surface area contributed by atoms with E-state index >= 15 is 0 Å². The highest BCUT2D eigenvalue weighted by Crippen LogP contribution is 2.26. The first-order chi connectivity index (χ1) is 14.2. The van der Waals surface area contributed by atoms with Gasteiger partial charge < -0.3 is 14.8 Å². The zero-order valence-corrected chi connectivity index (χ0v) is 18.5. The quantitative estimate of drug-likeness (QED) is 0.484. The Balaban J connectivity index is 1.85. The van der Waals surface area contributed by atoms with E-state index in [9.17, 15) is 9.59 Å². The minimum Gasteiger partial charge on any atom is -0.495 e. The Morgan fingerprint density at radius 1 is 1.07 bits per heavy atom. The van der Waals surface area contributed by atoms with E-state index in [1.165, 1.54) is 7.11 Å². The molecule has 30 heavy (non-hydrogen) atoms. The molecule has 0 saturated heterocycles. The summed E-state index contributed by atoms with van der Waals surface area (Å²) in [6.07, 6.45) is 0.0216. The standard InChI is InChI=1S/C22H26ClN3O4/c1-13-6-7-19(29-5)18(8-13)24-20(27)11-16(4)25-26-21(28)12-30-17-9-14(2)22(23)15(3)10-17/h6-10H,11-12H2,1-5H3,(H,24,27)(H,26,28). The highest BCUT2D eigenvalue weighted by molar-refractivity contribution is 6.32. The highest BCUT2D eigenvalue weighted by Gasteiger charge is 2.10. The van der Waals surface area contributed by atoms with Gasteiger partial charge in [0.05, 0.1) is 19.2 Å². The number of rotatable bonds is 8. The van der Waals surface area contributed by atoms with Crippen LogP contribution in [0.25, 0.3) is 0 Å². The lowest BCUT2D eigenvalue weighted by atomic mass is 10.1. The molecule has 0 unspecified atom stereocenters. The Labute approximate surface area is 181 Å². The molecule has 0 aromatic heterocycles. The van der Waals surface area contributed by atoms with Gasteiger partial charge in [-0.1, -0.05) is 17.7 Å². The molecule has 0 atom stereocenters. The first-order valence-electron chi connectivity index (χ1n) is 9.35. The summed E-state index contributed by atoms with van der Waals surface area (Å²) in [6.45, 7) is 7.11. The number of benzene rings is 2. The summed E-state index contributed by atoms with van der Waals surface area (Å²) in [5.41, 5.74) is 6.16. The number of methoxy groups -OCH3 is 1. The molecular weight excluding hydrogens is 406 g/mol. The van der Waals surface area contributed by atoms with Crippen molar-refractivity contribution in [2.24, 2.45) is 5.10 Å². The van der Waals surface area contributed by atoms with Crippen LogP contribution in [0.2, 0.25) is 5.02 Å². The van der Waals surface area contributed by atoms with Crippen molar-refractivity contribution in [1.82, 2.24) is 5.43 Å². The zero-order valence-electron chi connectivity index (χ0n) is 17.8. The SMILES string of the molecule is COc1ccc(C)cc1NC(=O)CC(C)=NNC(=O)COc1cc(C)c(Cl)c(C)c1. The number of halogens is 1. The number of hydrogen-bond donors (Lipinski definition) is 2. The van der Waals surface area contributed by atoms with Crippen molar-refractivity contribution in [3.8, 4) is 11.5 Å². The molecule has 0 aliphatic rings. The van der Waals surface area contributed by atoms with Crippen LogP contribution in [-0.2, 0) is 9.59 Å². The minimum atomic E-state index is -0.430. The van der Waals surface area contributed by atoms with E-state index < -0.39 is 5.91 Å². The van der Waals surface area contributed by atoms with Crippen LogP contribution in [0.5, 0.6) is 11.5 Å². The van der Waals surface area contributed by atoms with Gasteiger partial charge in [-0.3, -0.25) is 9.59 Å². The summed E-state index contributed by atoms with van der Waals surface area (Å²) < 4.78 is 10.7. The summed E-state index contributed by atoms with van der Waals surface area (Å²) in [7, 11) is 1.54. The number of nitrogens with zero attached hydrogens (tertiary/aromatic N) is 1. The first-order valence-corrected chi connectivity index (χ1v) is 9.73.